The van der Waals surface area contributed by atoms with Crippen LogP contribution < -0.4 is 0 Å². The molecular formula is C14H22O4. The first kappa shape index (κ1) is 14.7. The second kappa shape index (κ2) is 7.19. The van der Waals surface area contributed by atoms with Crippen molar-refractivity contribution in [1.82, 2.24) is 0 Å². The van der Waals surface area contributed by atoms with Gasteiger partial charge < -0.3 is 9.47 Å². The van der Waals surface area contributed by atoms with Gasteiger partial charge in [0.15, 0.2) is 6.61 Å². The number of hydrogen-bond acceptors (Lipinski definition) is 4. The molecule has 4 nitrogen and oxygen atoms in total. The van der Waals surface area contributed by atoms with Gasteiger partial charge in [-0.05, 0) is 32.1 Å². The highest BCUT2D eigenvalue weighted by Gasteiger charge is 2.39. The molecular weight excluding hydrogens is 232 g/mol. The summed E-state index contributed by atoms with van der Waals surface area (Å²) in [7, 11) is 0. The Balaban J connectivity index is 2.69. The van der Waals surface area contributed by atoms with Crippen LogP contribution in [0.2, 0.25) is 0 Å². The summed E-state index contributed by atoms with van der Waals surface area (Å²) in [4.78, 5) is 21.7. The molecule has 0 saturated carbocycles. The Morgan fingerprint density at radius 1 is 1.39 bits per heavy atom. The van der Waals surface area contributed by atoms with Crippen molar-refractivity contribution >= 4 is 12.4 Å². The average Bonchev–Trinajstić information content (AvgIpc) is 2.43. The predicted octanol–water partition coefficient (Wildman–Crippen LogP) is 2.62. The van der Waals surface area contributed by atoms with Gasteiger partial charge in [0, 0.05) is 5.92 Å². The highest BCUT2D eigenvalue weighted by Crippen LogP contribution is 2.37. The summed E-state index contributed by atoms with van der Waals surface area (Å²) in [5.41, 5.74) is -0.423. The summed E-state index contributed by atoms with van der Waals surface area (Å²) >= 11 is 0. The third-order valence-electron chi connectivity index (χ3n) is 3.80. The minimum Gasteiger partial charge on any atom is -0.456 e. The van der Waals surface area contributed by atoms with E-state index >= 15 is 0 Å². The monoisotopic (exact) mass is 254 g/mol. The van der Waals surface area contributed by atoms with Gasteiger partial charge in [0.1, 0.15) is 5.60 Å². The first-order chi connectivity index (χ1) is 8.68. The van der Waals surface area contributed by atoms with E-state index < -0.39 is 11.6 Å². The van der Waals surface area contributed by atoms with Gasteiger partial charge >= 0.3 is 5.97 Å². The normalized spacial score (nSPS) is 19.3. The largest absolute Gasteiger partial charge is 0.456 e. The molecule has 1 atom stereocenters. The van der Waals surface area contributed by atoms with Crippen molar-refractivity contribution in [2.45, 2.75) is 51.6 Å². The number of carbonyl (C=O) groups excluding carboxylic acids is 2. The van der Waals surface area contributed by atoms with E-state index in [0.717, 1.165) is 32.1 Å². The molecule has 0 N–H and O–H groups in total. The van der Waals surface area contributed by atoms with Crippen molar-refractivity contribution in [2.75, 3.05) is 6.61 Å². The van der Waals surface area contributed by atoms with Crippen LogP contribution in [0, 0.1) is 5.92 Å². The minimum atomic E-state index is -0.458. The van der Waals surface area contributed by atoms with Crippen molar-refractivity contribution in [1.29, 1.82) is 0 Å². The van der Waals surface area contributed by atoms with Crippen LogP contribution >= 0.6 is 0 Å². The lowest BCUT2D eigenvalue weighted by atomic mass is 9.76. The minimum absolute atomic E-state index is 0.268. The summed E-state index contributed by atoms with van der Waals surface area (Å²) in [6, 6.07) is 0. The summed E-state index contributed by atoms with van der Waals surface area (Å²) in [6.07, 6.45) is 8.93. The second-order valence-corrected chi connectivity index (χ2v) is 4.63. The zero-order valence-electron chi connectivity index (χ0n) is 11.2. The van der Waals surface area contributed by atoms with Crippen LogP contribution in [0.4, 0.5) is 0 Å². The highest BCUT2D eigenvalue weighted by molar-refractivity contribution is 5.72. The van der Waals surface area contributed by atoms with Crippen LogP contribution in [-0.4, -0.2) is 24.6 Å². The molecule has 1 aliphatic rings. The van der Waals surface area contributed by atoms with Crippen LogP contribution in [0.15, 0.2) is 12.2 Å². The molecule has 0 radical (unpaired) electrons. The maximum atomic E-state index is 11.7. The maximum absolute atomic E-state index is 11.7. The smallest absolute Gasteiger partial charge is 0.344 e. The Morgan fingerprint density at radius 2 is 2.11 bits per heavy atom. The van der Waals surface area contributed by atoms with Crippen molar-refractivity contribution in [3.63, 3.8) is 0 Å². The Morgan fingerprint density at radius 3 is 2.61 bits per heavy atom. The molecule has 1 unspecified atom stereocenters. The van der Waals surface area contributed by atoms with Crippen molar-refractivity contribution in [2.24, 2.45) is 5.92 Å². The Bertz CT molecular complexity index is 305. The molecule has 0 amide bonds. The van der Waals surface area contributed by atoms with E-state index in [1.165, 1.54) is 0 Å². The van der Waals surface area contributed by atoms with Gasteiger partial charge in [-0.1, -0.05) is 26.0 Å². The number of rotatable bonds is 7. The summed E-state index contributed by atoms with van der Waals surface area (Å²) < 4.78 is 10.1. The van der Waals surface area contributed by atoms with Crippen molar-refractivity contribution in [3.05, 3.63) is 12.2 Å². The van der Waals surface area contributed by atoms with Gasteiger partial charge in [-0.25, -0.2) is 4.79 Å². The van der Waals surface area contributed by atoms with E-state index in [4.69, 9.17) is 4.74 Å². The summed E-state index contributed by atoms with van der Waals surface area (Å²) in [5.74, 6) is -0.0990. The first-order valence-corrected chi connectivity index (χ1v) is 6.60. The molecule has 0 spiro atoms. The SMILES string of the molecule is CCC(CC)(OC(=O)COC=O)C1CC=CCC1. The fraction of sp³-hybridized carbons (Fsp3) is 0.714. The van der Waals surface area contributed by atoms with E-state index in [9.17, 15) is 9.59 Å². The van der Waals surface area contributed by atoms with E-state index in [-0.39, 0.29) is 13.1 Å². The van der Waals surface area contributed by atoms with Crippen LogP contribution in [0.5, 0.6) is 0 Å². The molecule has 0 heterocycles. The lowest BCUT2D eigenvalue weighted by Gasteiger charge is -2.39. The van der Waals surface area contributed by atoms with Crippen molar-refractivity contribution < 1.29 is 19.1 Å². The molecule has 4 heteroatoms. The fourth-order valence-electron chi connectivity index (χ4n) is 2.68. The summed E-state index contributed by atoms with van der Waals surface area (Å²) in [6.45, 7) is 4.04. The third kappa shape index (κ3) is 3.59. The van der Waals surface area contributed by atoms with Crippen LogP contribution in [-0.2, 0) is 19.1 Å². The van der Waals surface area contributed by atoms with Gasteiger partial charge in [-0.15, -0.1) is 0 Å². The standard InChI is InChI=1S/C14H22O4/c1-3-14(4-2,12-8-6-5-7-9-12)18-13(16)10-17-11-15/h5-6,11-12H,3-4,7-10H2,1-2H3. The van der Waals surface area contributed by atoms with Gasteiger partial charge in [-0.3, -0.25) is 4.79 Å². The Labute approximate surface area is 108 Å². The van der Waals surface area contributed by atoms with E-state index in [1.54, 1.807) is 0 Å². The quantitative estimate of drug-likeness (QED) is 0.398. The van der Waals surface area contributed by atoms with Crippen LogP contribution in [0.1, 0.15) is 46.0 Å². The number of ether oxygens (including phenoxy) is 2. The van der Waals surface area contributed by atoms with Crippen molar-refractivity contribution in [3.8, 4) is 0 Å². The topological polar surface area (TPSA) is 52.6 Å². The molecule has 0 fully saturated rings. The molecule has 0 aromatic carbocycles. The van der Waals surface area contributed by atoms with Gasteiger partial charge in [0.2, 0.25) is 0 Å². The van der Waals surface area contributed by atoms with Gasteiger partial charge in [-0.2, -0.15) is 0 Å². The molecule has 102 valence electrons. The van der Waals surface area contributed by atoms with Gasteiger partial charge in [0.25, 0.3) is 6.47 Å². The number of hydrogen-bond donors (Lipinski definition) is 0. The average molecular weight is 254 g/mol. The van der Waals surface area contributed by atoms with Crippen LogP contribution in [0.25, 0.3) is 0 Å². The third-order valence-corrected chi connectivity index (χ3v) is 3.80. The Kier molecular flexibility index (Phi) is 5.89. The molecule has 0 saturated heterocycles. The van der Waals surface area contributed by atoms with E-state index in [1.807, 2.05) is 13.8 Å². The molecule has 0 bridgehead atoms. The predicted molar refractivity (Wildman–Crippen MR) is 67.9 cm³/mol. The van der Waals surface area contributed by atoms with Gasteiger partial charge in [0.05, 0.1) is 0 Å². The number of carbonyl (C=O) groups is 2. The number of esters is 1. The molecule has 0 aliphatic heterocycles. The first-order valence-electron chi connectivity index (χ1n) is 6.60. The molecule has 0 aromatic heterocycles. The molecule has 1 rings (SSSR count). The van der Waals surface area contributed by atoms with Crippen LogP contribution in [0.3, 0.4) is 0 Å². The summed E-state index contributed by atoms with van der Waals surface area (Å²) in [5, 5.41) is 0. The fourth-order valence-corrected chi connectivity index (χ4v) is 2.68. The van der Waals surface area contributed by atoms with E-state index in [0.29, 0.717) is 5.92 Å². The Hall–Kier alpha value is -1.32. The molecule has 0 aromatic rings. The number of allylic oxidation sites excluding steroid dienone is 2. The van der Waals surface area contributed by atoms with E-state index in [2.05, 4.69) is 16.9 Å². The molecule has 18 heavy (non-hydrogen) atoms. The maximum Gasteiger partial charge on any atom is 0.344 e. The zero-order valence-corrected chi connectivity index (χ0v) is 11.2. The lowest BCUT2D eigenvalue weighted by molar-refractivity contribution is -0.174. The second-order valence-electron chi connectivity index (χ2n) is 4.63. The zero-order chi connectivity index (χ0) is 13.4. The lowest BCUT2D eigenvalue weighted by Crippen LogP contribution is -2.43. The molecule has 1 aliphatic carbocycles. The highest BCUT2D eigenvalue weighted by atomic mass is 16.6.